The van der Waals surface area contributed by atoms with Crippen LogP contribution < -0.4 is 14.8 Å². The summed E-state index contributed by atoms with van der Waals surface area (Å²) >= 11 is 0. The van der Waals surface area contributed by atoms with Crippen LogP contribution in [-0.4, -0.2) is 50.2 Å². The van der Waals surface area contributed by atoms with Gasteiger partial charge in [0.05, 0.1) is 7.11 Å². The third-order valence-corrected chi connectivity index (χ3v) is 4.80. The van der Waals surface area contributed by atoms with Crippen molar-refractivity contribution in [3.05, 3.63) is 23.8 Å². The second kappa shape index (κ2) is 7.99. The summed E-state index contributed by atoms with van der Waals surface area (Å²) in [6.07, 6.45) is 4.53. The van der Waals surface area contributed by atoms with Crippen molar-refractivity contribution >= 4 is 5.91 Å². The highest BCUT2D eigenvalue weighted by Gasteiger charge is 2.26. The summed E-state index contributed by atoms with van der Waals surface area (Å²) in [5.41, 5.74) is 0.419. The van der Waals surface area contributed by atoms with E-state index in [1.165, 1.54) is 38.2 Å². The third-order valence-electron chi connectivity index (χ3n) is 4.80. The van der Waals surface area contributed by atoms with Crippen molar-refractivity contribution in [1.82, 2.24) is 10.2 Å². The summed E-state index contributed by atoms with van der Waals surface area (Å²) in [5.74, 6) is 0.799. The van der Waals surface area contributed by atoms with E-state index in [0.29, 0.717) is 24.7 Å². The first-order chi connectivity index (χ1) is 12.1. The molecule has 2 fully saturated rings. The van der Waals surface area contributed by atoms with Crippen LogP contribution in [0.25, 0.3) is 0 Å². The van der Waals surface area contributed by atoms with Gasteiger partial charge in [0.2, 0.25) is 0 Å². The van der Waals surface area contributed by atoms with Crippen molar-refractivity contribution in [1.29, 1.82) is 0 Å². The fraction of sp³-hybridized carbons (Fsp3) is 0.611. The zero-order valence-electron chi connectivity index (χ0n) is 14.3. The third kappa shape index (κ3) is 4.81. The summed E-state index contributed by atoms with van der Waals surface area (Å²) in [7, 11) is 1.36. The minimum Gasteiger partial charge on any atom is -0.493 e. The van der Waals surface area contributed by atoms with Crippen molar-refractivity contribution in [3.8, 4) is 11.5 Å². The average molecular weight is 354 g/mol. The van der Waals surface area contributed by atoms with Crippen LogP contribution in [0.5, 0.6) is 11.5 Å². The number of amides is 1. The Morgan fingerprint density at radius 3 is 2.56 bits per heavy atom. The molecule has 1 saturated carbocycles. The number of ether oxygens (including phenoxy) is 2. The molecule has 25 heavy (non-hydrogen) atoms. The van der Waals surface area contributed by atoms with Crippen molar-refractivity contribution in [3.63, 3.8) is 0 Å². The van der Waals surface area contributed by atoms with Gasteiger partial charge in [-0.2, -0.15) is 8.78 Å². The first kappa shape index (κ1) is 17.9. The highest BCUT2D eigenvalue weighted by Crippen LogP contribution is 2.30. The molecule has 1 aliphatic carbocycles. The molecule has 7 heteroatoms. The predicted octanol–water partition coefficient (Wildman–Crippen LogP) is 2.90. The zero-order chi connectivity index (χ0) is 17.8. The summed E-state index contributed by atoms with van der Waals surface area (Å²) in [6, 6.07) is 4.78. The Balaban J connectivity index is 1.57. The van der Waals surface area contributed by atoms with Gasteiger partial charge in [0.1, 0.15) is 0 Å². The van der Waals surface area contributed by atoms with Gasteiger partial charge in [-0.3, -0.25) is 4.79 Å². The predicted molar refractivity (Wildman–Crippen MR) is 89.3 cm³/mol. The molecule has 0 bridgehead atoms. The standard InChI is InChI=1S/C18H24F2N2O3/c1-24-16-10-13(4-5-15(16)25-18(19)20)17(23)22-8-6-14(7-9-22)21-11-12-2-3-12/h4-5,10,12,14,18,21H,2-3,6-9,11H2,1H3. The number of piperidine rings is 1. The Labute approximate surface area is 146 Å². The topological polar surface area (TPSA) is 50.8 Å². The first-order valence-corrected chi connectivity index (χ1v) is 8.72. The number of nitrogens with one attached hydrogen (secondary N) is 1. The second-order valence-electron chi connectivity index (χ2n) is 6.66. The van der Waals surface area contributed by atoms with Gasteiger partial charge in [-0.25, -0.2) is 0 Å². The van der Waals surface area contributed by atoms with Gasteiger partial charge in [0.15, 0.2) is 11.5 Å². The molecule has 0 unspecified atom stereocenters. The highest BCUT2D eigenvalue weighted by atomic mass is 19.3. The molecular formula is C18H24F2N2O3. The SMILES string of the molecule is COc1cc(C(=O)N2CCC(NCC3CC3)CC2)ccc1OC(F)F. The minimum absolute atomic E-state index is 0.0722. The van der Waals surface area contributed by atoms with Gasteiger partial charge in [-0.15, -0.1) is 0 Å². The van der Waals surface area contributed by atoms with E-state index in [2.05, 4.69) is 10.1 Å². The molecule has 5 nitrogen and oxygen atoms in total. The number of rotatable bonds is 7. The van der Waals surface area contributed by atoms with Crippen LogP contribution in [0.3, 0.4) is 0 Å². The molecule has 1 saturated heterocycles. The van der Waals surface area contributed by atoms with Crippen molar-refractivity contribution in [2.24, 2.45) is 5.92 Å². The van der Waals surface area contributed by atoms with E-state index in [1.54, 1.807) is 4.90 Å². The van der Waals surface area contributed by atoms with Crippen LogP contribution in [0.15, 0.2) is 18.2 Å². The maximum Gasteiger partial charge on any atom is 0.387 e. The van der Waals surface area contributed by atoms with Crippen LogP contribution in [-0.2, 0) is 0 Å². The van der Waals surface area contributed by atoms with Gasteiger partial charge in [0.25, 0.3) is 5.91 Å². The molecule has 0 radical (unpaired) electrons. The zero-order valence-corrected chi connectivity index (χ0v) is 14.3. The maximum atomic E-state index is 12.6. The van der Waals surface area contributed by atoms with Gasteiger partial charge >= 0.3 is 6.61 Å². The summed E-state index contributed by atoms with van der Waals surface area (Å²) in [6.45, 7) is -0.462. The van der Waals surface area contributed by atoms with E-state index < -0.39 is 6.61 Å². The number of halogens is 2. The Morgan fingerprint density at radius 2 is 1.96 bits per heavy atom. The lowest BCUT2D eigenvalue weighted by Gasteiger charge is -2.32. The number of benzene rings is 1. The van der Waals surface area contributed by atoms with Crippen LogP contribution in [0.1, 0.15) is 36.0 Å². The van der Waals surface area contributed by atoms with Gasteiger partial charge in [-0.05, 0) is 56.3 Å². The molecule has 1 aliphatic heterocycles. The first-order valence-electron chi connectivity index (χ1n) is 8.72. The Bertz CT molecular complexity index is 600. The smallest absolute Gasteiger partial charge is 0.387 e. The molecule has 0 spiro atoms. The summed E-state index contributed by atoms with van der Waals surface area (Å²) < 4.78 is 34.2. The number of methoxy groups -OCH3 is 1. The van der Waals surface area contributed by atoms with E-state index in [0.717, 1.165) is 25.3 Å². The Hall–Kier alpha value is -1.89. The number of hydrogen-bond acceptors (Lipinski definition) is 4. The number of carbonyl (C=O) groups excluding carboxylic acids is 1. The van der Waals surface area contributed by atoms with Crippen molar-refractivity contribution in [2.75, 3.05) is 26.7 Å². The van der Waals surface area contributed by atoms with Crippen LogP contribution >= 0.6 is 0 Å². The minimum atomic E-state index is -2.93. The highest BCUT2D eigenvalue weighted by molar-refractivity contribution is 5.95. The average Bonchev–Trinajstić information content (AvgIpc) is 3.44. The van der Waals surface area contributed by atoms with Crippen molar-refractivity contribution < 1.29 is 23.0 Å². The van der Waals surface area contributed by atoms with E-state index >= 15 is 0 Å². The van der Waals surface area contributed by atoms with Crippen LogP contribution in [0.2, 0.25) is 0 Å². The fourth-order valence-electron chi connectivity index (χ4n) is 3.12. The summed E-state index contributed by atoms with van der Waals surface area (Å²) in [4.78, 5) is 14.4. The van der Waals surface area contributed by atoms with Gasteiger partial charge < -0.3 is 19.7 Å². The molecular weight excluding hydrogens is 330 g/mol. The van der Waals surface area contributed by atoms with Gasteiger partial charge in [0, 0.05) is 24.7 Å². The lowest BCUT2D eigenvalue weighted by atomic mass is 10.0. The van der Waals surface area contributed by atoms with Crippen LogP contribution in [0, 0.1) is 5.92 Å². The molecule has 138 valence electrons. The van der Waals surface area contributed by atoms with Gasteiger partial charge in [-0.1, -0.05) is 0 Å². The Kier molecular flexibility index (Phi) is 5.73. The molecule has 0 aromatic heterocycles. The fourth-order valence-corrected chi connectivity index (χ4v) is 3.12. The van der Waals surface area contributed by atoms with E-state index in [9.17, 15) is 13.6 Å². The van der Waals surface area contributed by atoms with Crippen molar-refractivity contribution in [2.45, 2.75) is 38.3 Å². The molecule has 2 aliphatic rings. The molecule has 1 amide bonds. The molecule has 1 aromatic rings. The second-order valence-corrected chi connectivity index (χ2v) is 6.66. The number of nitrogens with zero attached hydrogens (tertiary/aromatic N) is 1. The molecule has 1 N–H and O–H groups in total. The molecule has 0 atom stereocenters. The number of hydrogen-bond donors (Lipinski definition) is 1. The quantitative estimate of drug-likeness (QED) is 0.818. The maximum absolute atomic E-state index is 12.6. The molecule has 1 aromatic carbocycles. The monoisotopic (exact) mass is 354 g/mol. The van der Waals surface area contributed by atoms with Crippen LogP contribution in [0.4, 0.5) is 8.78 Å². The molecule has 1 heterocycles. The lowest BCUT2D eigenvalue weighted by molar-refractivity contribution is -0.0512. The number of alkyl halides is 2. The van der Waals surface area contributed by atoms with E-state index in [1.807, 2.05) is 0 Å². The van der Waals surface area contributed by atoms with E-state index in [4.69, 9.17) is 4.74 Å². The number of carbonyl (C=O) groups is 1. The van der Waals surface area contributed by atoms with E-state index in [-0.39, 0.29) is 17.4 Å². The lowest BCUT2D eigenvalue weighted by Crippen LogP contribution is -2.45. The summed E-state index contributed by atoms with van der Waals surface area (Å²) in [5, 5.41) is 3.58. The normalized spacial score (nSPS) is 18.5. The number of likely N-dealkylation sites (tertiary alicyclic amines) is 1. The largest absolute Gasteiger partial charge is 0.493 e. The molecule has 3 rings (SSSR count). The Morgan fingerprint density at radius 1 is 1.24 bits per heavy atom.